The van der Waals surface area contributed by atoms with Gasteiger partial charge in [0.05, 0.1) is 0 Å². The largest absolute Gasteiger partial charge is 0.366 e. The molecule has 0 aliphatic heterocycles. The average Bonchev–Trinajstić information content (AvgIpc) is 2.46. The van der Waals surface area contributed by atoms with E-state index in [-0.39, 0.29) is 22.5 Å². The Balaban J connectivity index is 3.39. The van der Waals surface area contributed by atoms with Crippen molar-refractivity contribution in [1.29, 1.82) is 15.8 Å². The minimum absolute atomic E-state index is 0.0124. The summed E-state index contributed by atoms with van der Waals surface area (Å²) in [6.07, 6.45) is 0. The van der Waals surface area contributed by atoms with Gasteiger partial charge in [-0.3, -0.25) is 9.59 Å². The normalized spacial score (nSPS) is 8.62. The molecule has 0 heterocycles. The zero-order valence-electron chi connectivity index (χ0n) is 10.5. The Hall–Kier alpha value is -3.83. The maximum Gasteiger partial charge on any atom is 0.248 e. The van der Waals surface area contributed by atoms with E-state index in [1.807, 2.05) is 0 Å². The second kappa shape index (κ2) is 6.37. The number of benzene rings is 1. The number of carbonyl (C=O) groups excluding carboxylic acids is 2. The molecule has 0 spiro atoms. The number of anilines is 1. The number of nitrogens with one attached hydrogen (secondary N) is 1. The molecule has 0 saturated heterocycles. The van der Waals surface area contributed by atoms with Crippen molar-refractivity contribution in [2.24, 2.45) is 11.5 Å². The van der Waals surface area contributed by atoms with Gasteiger partial charge in [0.15, 0.2) is 5.57 Å². The smallest absolute Gasteiger partial charge is 0.248 e. The van der Waals surface area contributed by atoms with Crippen LogP contribution in [0, 0.1) is 34.0 Å². The van der Waals surface area contributed by atoms with Crippen LogP contribution >= 0.6 is 0 Å². The van der Waals surface area contributed by atoms with Gasteiger partial charge in [-0.25, -0.2) is 0 Å². The molecule has 0 aliphatic rings. The number of allylic oxidation sites excluding steroid dienone is 2. The van der Waals surface area contributed by atoms with E-state index in [0.717, 1.165) is 0 Å². The summed E-state index contributed by atoms with van der Waals surface area (Å²) in [5.41, 5.74) is 9.59. The van der Waals surface area contributed by atoms with Crippen molar-refractivity contribution in [1.82, 2.24) is 0 Å². The molecular formula is C13H8N6O2. The molecule has 2 amide bonds. The summed E-state index contributed by atoms with van der Waals surface area (Å²) < 4.78 is 0. The molecule has 8 heteroatoms. The summed E-state index contributed by atoms with van der Waals surface area (Å²) in [6, 6.07) is 8.46. The second-order valence-corrected chi connectivity index (χ2v) is 3.74. The molecule has 0 atom stereocenters. The van der Waals surface area contributed by atoms with E-state index < -0.39 is 17.4 Å². The Kier molecular flexibility index (Phi) is 4.62. The first-order valence-corrected chi connectivity index (χ1v) is 5.39. The van der Waals surface area contributed by atoms with Crippen LogP contribution in [-0.4, -0.2) is 11.8 Å². The van der Waals surface area contributed by atoms with Crippen molar-refractivity contribution in [3.05, 3.63) is 40.6 Å². The molecule has 0 radical (unpaired) electrons. The molecule has 5 N–H and O–H groups in total. The summed E-state index contributed by atoms with van der Waals surface area (Å²) >= 11 is 0. The molecule has 1 aromatic carbocycles. The lowest BCUT2D eigenvalue weighted by atomic mass is 10.1. The van der Waals surface area contributed by atoms with E-state index in [1.165, 1.54) is 18.2 Å². The van der Waals surface area contributed by atoms with Crippen molar-refractivity contribution < 1.29 is 9.59 Å². The summed E-state index contributed by atoms with van der Waals surface area (Å²) in [6.45, 7) is 0. The molecule has 1 aromatic rings. The Bertz CT molecular complexity index is 725. The number of amides is 2. The van der Waals surface area contributed by atoms with E-state index in [9.17, 15) is 9.59 Å². The van der Waals surface area contributed by atoms with Gasteiger partial charge in [-0.15, -0.1) is 0 Å². The number of nitrogens with two attached hydrogens (primary N) is 2. The maximum absolute atomic E-state index is 11.2. The van der Waals surface area contributed by atoms with Crippen LogP contribution in [0.1, 0.15) is 20.7 Å². The lowest BCUT2D eigenvalue weighted by Gasteiger charge is -2.08. The third-order valence-corrected chi connectivity index (χ3v) is 2.36. The average molecular weight is 280 g/mol. The SMILES string of the molecule is N#CC(C#N)=C(C#N)Nc1cc(C(N)=O)cc(C(N)=O)c1. The lowest BCUT2D eigenvalue weighted by Crippen LogP contribution is -2.16. The van der Waals surface area contributed by atoms with E-state index >= 15 is 0 Å². The maximum atomic E-state index is 11.2. The van der Waals surface area contributed by atoms with Crippen molar-refractivity contribution in [2.75, 3.05) is 5.32 Å². The fourth-order valence-electron chi connectivity index (χ4n) is 1.41. The minimum Gasteiger partial charge on any atom is -0.366 e. The number of hydrogen-bond acceptors (Lipinski definition) is 6. The minimum atomic E-state index is -0.801. The van der Waals surface area contributed by atoms with Crippen LogP contribution in [-0.2, 0) is 0 Å². The van der Waals surface area contributed by atoms with Crippen LogP contribution < -0.4 is 16.8 Å². The highest BCUT2D eigenvalue weighted by atomic mass is 16.1. The van der Waals surface area contributed by atoms with E-state index in [1.54, 1.807) is 18.2 Å². The molecule has 0 aliphatic carbocycles. The van der Waals surface area contributed by atoms with Crippen molar-refractivity contribution in [3.63, 3.8) is 0 Å². The Morgan fingerprint density at radius 2 is 1.38 bits per heavy atom. The first-order valence-electron chi connectivity index (χ1n) is 5.39. The third-order valence-electron chi connectivity index (χ3n) is 2.36. The summed E-state index contributed by atoms with van der Waals surface area (Å²) in [5, 5.41) is 28.8. The highest BCUT2D eigenvalue weighted by molar-refractivity contribution is 6.00. The first-order chi connectivity index (χ1) is 9.92. The zero-order valence-corrected chi connectivity index (χ0v) is 10.5. The van der Waals surface area contributed by atoms with E-state index in [0.29, 0.717) is 0 Å². The predicted octanol–water partition coefficient (Wildman–Crippen LogP) is 0.121. The number of carbonyl (C=O) groups is 2. The van der Waals surface area contributed by atoms with Crippen LogP contribution in [0.25, 0.3) is 0 Å². The van der Waals surface area contributed by atoms with Crippen LogP contribution in [0.2, 0.25) is 0 Å². The topological polar surface area (TPSA) is 170 Å². The Labute approximate surface area is 119 Å². The third kappa shape index (κ3) is 3.57. The molecule has 8 nitrogen and oxygen atoms in total. The van der Waals surface area contributed by atoms with Crippen molar-refractivity contribution >= 4 is 17.5 Å². The molecule has 0 aromatic heterocycles. The van der Waals surface area contributed by atoms with Gasteiger partial charge in [-0.2, -0.15) is 15.8 Å². The molecule has 1 rings (SSSR count). The number of primary amides is 2. The first kappa shape index (κ1) is 15.2. The molecule has 0 bridgehead atoms. The number of rotatable bonds is 4. The summed E-state index contributed by atoms with van der Waals surface area (Å²) in [4.78, 5) is 22.4. The van der Waals surface area contributed by atoms with E-state index in [4.69, 9.17) is 27.3 Å². The van der Waals surface area contributed by atoms with Gasteiger partial charge in [0.2, 0.25) is 11.8 Å². The molecular weight excluding hydrogens is 272 g/mol. The summed E-state index contributed by atoms with van der Waals surface area (Å²) in [7, 11) is 0. The lowest BCUT2D eigenvalue weighted by molar-refractivity contribution is 0.0999. The zero-order chi connectivity index (χ0) is 16.0. The fourth-order valence-corrected chi connectivity index (χ4v) is 1.41. The highest BCUT2D eigenvalue weighted by Crippen LogP contribution is 2.17. The van der Waals surface area contributed by atoms with Gasteiger partial charge < -0.3 is 16.8 Å². The van der Waals surface area contributed by atoms with Crippen LogP contribution in [0.3, 0.4) is 0 Å². The Morgan fingerprint density at radius 3 is 1.71 bits per heavy atom. The fraction of sp³-hybridized carbons (Fsp3) is 0. The number of nitriles is 3. The molecule has 0 unspecified atom stereocenters. The number of hydrogen-bond donors (Lipinski definition) is 3. The molecule has 102 valence electrons. The molecule has 0 fully saturated rings. The van der Waals surface area contributed by atoms with Crippen LogP contribution in [0.4, 0.5) is 5.69 Å². The van der Waals surface area contributed by atoms with E-state index in [2.05, 4.69) is 5.32 Å². The standard InChI is InChI=1S/C13H8N6O2/c14-4-9(5-15)11(6-16)19-10-2-7(12(17)20)1-8(3-10)13(18)21/h1-3,19H,(H2,17,20)(H2,18,21). The van der Waals surface area contributed by atoms with Gasteiger partial charge in [0.25, 0.3) is 0 Å². The quantitative estimate of drug-likeness (QED) is 0.661. The highest BCUT2D eigenvalue weighted by Gasteiger charge is 2.11. The van der Waals surface area contributed by atoms with Gasteiger partial charge in [-0.05, 0) is 18.2 Å². The van der Waals surface area contributed by atoms with Gasteiger partial charge in [0.1, 0.15) is 23.9 Å². The van der Waals surface area contributed by atoms with Gasteiger partial charge in [0, 0.05) is 16.8 Å². The summed E-state index contributed by atoms with van der Waals surface area (Å²) in [5.74, 6) is -1.60. The van der Waals surface area contributed by atoms with Crippen LogP contribution in [0.5, 0.6) is 0 Å². The molecule has 21 heavy (non-hydrogen) atoms. The van der Waals surface area contributed by atoms with Crippen molar-refractivity contribution in [2.45, 2.75) is 0 Å². The van der Waals surface area contributed by atoms with Crippen LogP contribution in [0.15, 0.2) is 29.5 Å². The van der Waals surface area contributed by atoms with Gasteiger partial charge in [-0.1, -0.05) is 0 Å². The van der Waals surface area contributed by atoms with Gasteiger partial charge >= 0.3 is 0 Å². The number of nitrogens with zero attached hydrogens (tertiary/aromatic N) is 3. The Morgan fingerprint density at radius 1 is 0.905 bits per heavy atom. The second-order valence-electron chi connectivity index (χ2n) is 3.74. The molecule has 0 saturated carbocycles. The van der Waals surface area contributed by atoms with Crippen molar-refractivity contribution in [3.8, 4) is 18.2 Å². The monoisotopic (exact) mass is 280 g/mol. The predicted molar refractivity (Wildman–Crippen MR) is 71.0 cm³/mol.